The molecule has 1 aromatic heterocycles. The van der Waals surface area contributed by atoms with Crippen LogP contribution < -0.4 is 10.1 Å². The summed E-state index contributed by atoms with van der Waals surface area (Å²) < 4.78 is 10.6. The smallest absolute Gasteiger partial charge is 0.238 e. The highest BCUT2D eigenvalue weighted by atomic mass is 16.5. The van der Waals surface area contributed by atoms with Crippen LogP contribution in [0.5, 0.6) is 5.75 Å². The lowest BCUT2D eigenvalue weighted by atomic mass is 10.3. The molecule has 0 radical (unpaired) electrons. The van der Waals surface area contributed by atoms with E-state index in [1.165, 1.54) is 0 Å². The molecule has 0 unspecified atom stereocenters. The first-order valence-electron chi connectivity index (χ1n) is 7.62. The highest BCUT2D eigenvalue weighted by Gasteiger charge is 2.13. The van der Waals surface area contributed by atoms with E-state index in [1.54, 1.807) is 31.4 Å². The van der Waals surface area contributed by atoms with E-state index in [1.807, 2.05) is 18.7 Å². The molecule has 7 nitrogen and oxygen atoms in total. The maximum atomic E-state index is 12.1. The second kappa shape index (κ2) is 8.28. The highest BCUT2D eigenvalue weighted by Crippen LogP contribution is 2.15. The lowest BCUT2D eigenvalue weighted by Crippen LogP contribution is -2.32. The average molecular weight is 318 g/mol. The Balaban J connectivity index is 1.88. The quantitative estimate of drug-likeness (QED) is 0.803. The summed E-state index contributed by atoms with van der Waals surface area (Å²) in [7, 11) is 1.61. The van der Waals surface area contributed by atoms with Crippen LogP contribution in [0.15, 0.2) is 28.7 Å². The number of hydrogen-bond acceptors (Lipinski definition) is 6. The fraction of sp³-hybridized carbons (Fsp3) is 0.438. The average Bonchev–Trinajstić information content (AvgIpc) is 3.02. The van der Waals surface area contributed by atoms with Gasteiger partial charge in [0.25, 0.3) is 0 Å². The van der Waals surface area contributed by atoms with Gasteiger partial charge >= 0.3 is 0 Å². The summed E-state index contributed by atoms with van der Waals surface area (Å²) in [6, 6.07) is 7.22. The third-order valence-corrected chi connectivity index (χ3v) is 3.36. The second-order valence-electron chi connectivity index (χ2n) is 5.02. The molecule has 1 N–H and O–H groups in total. The Kier molecular flexibility index (Phi) is 6.10. The van der Waals surface area contributed by atoms with Crippen LogP contribution in [0.1, 0.15) is 25.6 Å². The highest BCUT2D eigenvalue weighted by molar-refractivity contribution is 5.92. The Morgan fingerprint density at radius 3 is 2.48 bits per heavy atom. The number of amides is 1. The number of anilines is 1. The zero-order chi connectivity index (χ0) is 16.7. The van der Waals surface area contributed by atoms with Crippen molar-refractivity contribution in [1.29, 1.82) is 0 Å². The van der Waals surface area contributed by atoms with Crippen LogP contribution in [-0.4, -0.2) is 41.2 Å². The van der Waals surface area contributed by atoms with E-state index < -0.39 is 0 Å². The van der Waals surface area contributed by atoms with Crippen molar-refractivity contribution in [1.82, 2.24) is 15.1 Å². The molecule has 0 atom stereocenters. The summed E-state index contributed by atoms with van der Waals surface area (Å²) in [6.07, 6.45) is 0.705. The predicted molar refractivity (Wildman–Crippen MR) is 86.3 cm³/mol. The molecular weight excluding hydrogens is 296 g/mol. The molecule has 1 heterocycles. The van der Waals surface area contributed by atoms with Gasteiger partial charge in [-0.25, -0.2) is 0 Å². The molecule has 0 spiro atoms. The van der Waals surface area contributed by atoms with E-state index in [0.29, 0.717) is 31.3 Å². The molecule has 0 saturated heterocycles. The van der Waals surface area contributed by atoms with Gasteiger partial charge in [-0.3, -0.25) is 9.69 Å². The van der Waals surface area contributed by atoms with Crippen LogP contribution in [-0.2, 0) is 17.8 Å². The molecule has 0 aliphatic carbocycles. The summed E-state index contributed by atoms with van der Waals surface area (Å²) in [6.45, 7) is 5.36. The number of aromatic nitrogens is 2. The number of aryl methyl sites for hydroxylation is 1. The molecule has 0 bridgehead atoms. The van der Waals surface area contributed by atoms with Gasteiger partial charge < -0.3 is 14.5 Å². The molecule has 0 aliphatic rings. The minimum Gasteiger partial charge on any atom is -0.497 e. The molecule has 0 aliphatic heterocycles. The molecule has 1 aromatic carbocycles. The molecule has 0 fully saturated rings. The Bertz CT molecular complexity index is 625. The summed E-state index contributed by atoms with van der Waals surface area (Å²) in [5.74, 6) is 1.80. The summed E-state index contributed by atoms with van der Waals surface area (Å²) in [5.41, 5.74) is 0.734. The monoisotopic (exact) mass is 318 g/mol. The van der Waals surface area contributed by atoms with Gasteiger partial charge in [-0.05, 0) is 30.8 Å². The van der Waals surface area contributed by atoms with Crippen molar-refractivity contribution in [3.8, 4) is 5.75 Å². The van der Waals surface area contributed by atoms with Crippen molar-refractivity contribution >= 4 is 11.6 Å². The number of carbonyl (C=O) groups is 1. The summed E-state index contributed by atoms with van der Waals surface area (Å²) in [4.78, 5) is 14.1. The van der Waals surface area contributed by atoms with Crippen LogP contribution in [0.25, 0.3) is 0 Å². The number of likely N-dealkylation sites (N-methyl/N-ethyl adjacent to an activating group) is 1. The molecule has 0 saturated carbocycles. The van der Waals surface area contributed by atoms with Crippen LogP contribution in [0.4, 0.5) is 5.69 Å². The van der Waals surface area contributed by atoms with Crippen LogP contribution >= 0.6 is 0 Å². The van der Waals surface area contributed by atoms with E-state index in [9.17, 15) is 4.79 Å². The number of carbonyl (C=O) groups excluding carboxylic acids is 1. The predicted octanol–water partition coefficient (Wildman–Crippen LogP) is 2.10. The first-order valence-corrected chi connectivity index (χ1v) is 7.62. The van der Waals surface area contributed by atoms with Crippen LogP contribution in [0.3, 0.4) is 0 Å². The zero-order valence-corrected chi connectivity index (χ0v) is 13.7. The van der Waals surface area contributed by atoms with Crippen molar-refractivity contribution in [2.24, 2.45) is 0 Å². The van der Waals surface area contributed by atoms with Crippen molar-refractivity contribution in [3.63, 3.8) is 0 Å². The van der Waals surface area contributed by atoms with Gasteiger partial charge in [-0.1, -0.05) is 13.8 Å². The number of nitrogens with zero attached hydrogens (tertiary/aromatic N) is 3. The standard InChI is InChI=1S/C16H22N4O3/c1-4-15-18-19-16(23-15)11-20(5-2)10-14(21)17-12-6-8-13(22-3)9-7-12/h6-9H,4-5,10-11H2,1-3H3,(H,17,21). The Labute approximate surface area is 135 Å². The van der Waals surface area contributed by atoms with Gasteiger partial charge in [0.2, 0.25) is 17.7 Å². The van der Waals surface area contributed by atoms with Gasteiger partial charge in [-0.15, -0.1) is 10.2 Å². The first-order chi connectivity index (χ1) is 11.1. The molecule has 2 aromatic rings. The Morgan fingerprint density at radius 1 is 1.22 bits per heavy atom. The topological polar surface area (TPSA) is 80.5 Å². The van der Waals surface area contributed by atoms with Gasteiger partial charge in [0, 0.05) is 12.1 Å². The van der Waals surface area contributed by atoms with Crippen molar-refractivity contribution in [2.45, 2.75) is 26.8 Å². The maximum Gasteiger partial charge on any atom is 0.238 e. The summed E-state index contributed by atoms with van der Waals surface area (Å²) >= 11 is 0. The minimum atomic E-state index is -0.0905. The molecule has 23 heavy (non-hydrogen) atoms. The zero-order valence-electron chi connectivity index (χ0n) is 13.7. The maximum absolute atomic E-state index is 12.1. The second-order valence-corrected chi connectivity index (χ2v) is 5.02. The molecule has 7 heteroatoms. The van der Waals surface area contributed by atoms with E-state index >= 15 is 0 Å². The Morgan fingerprint density at radius 2 is 1.91 bits per heavy atom. The number of methoxy groups -OCH3 is 1. The van der Waals surface area contributed by atoms with Crippen molar-refractivity contribution in [2.75, 3.05) is 25.5 Å². The first kappa shape index (κ1) is 17.0. The van der Waals surface area contributed by atoms with Crippen LogP contribution in [0.2, 0.25) is 0 Å². The van der Waals surface area contributed by atoms with E-state index in [0.717, 1.165) is 11.4 Å². The van der Waals surface area contributed by atoms with Gasteiger partial charge in [0.15, 0.2) is 0 Å². The normalized spacial score (nSPS) is 10.8. The SMILES string of the molecule is CCc1nnc(CN(CC)CC(=O)Nc2ccc(OC)cc2)o1. The molecule has 1 amide bonds. The van der Waals surface area contributed by atoms with Crippen molar-refractivity contribution in [3.05, 3.63) is 36.0 Å². The van der Waals surface area contributed by atoms with Crippen molar-refractivity contribution < 1.29 is 13.9 Å². The summed E-state index contributed by atoms with van der Waals surface area (Å²) in [5, 5.41) is 10.8. The largest absolute Gasteiger partial charge is 0.497 e. The van der Waals surface area contributed by atoms with E-state index in [4.69, 9.17) is 9.15 Å². The third kappa shape index (κ3) is 5.07. The minimum absolute atomic E-state index is 0.0905. The van der Waals surface area contributed by atoms with Gasteiger partial charge in [0.05, 0.1) is 20.2 Å². The van der Waals surface area contributed by atoms with Gasteiger partial charge in [0.1, 0.15) is 5.75 Å². The number of nitrogens with one attached hydrogen (secondary N) is 1. The van der Waals surface area contributed by atoms with Gasteiger partial charge in [-0.2, -0.15) is 0 Å². The number of ether oxygens (including phenoxy) is 1. The van der Waals surface area contributed by atoms with E-state index in [2.05, 4.69) is 15.5 Å². The number of benzene rings is 1. The molecule has 2 rings (SSSR count). The fourth-order valence-electron chi connectivity index (χ4n) is 2.04. The number of hydrogen-bond donors (Lipinski definition) is 1. The molecular formula is C16H22N4O3. The number of rotatable bonds is 8. The Hall–Kier alpha value is -2.41. The van der Waals surface area contributed by atoms with Crippen LogP contribution in [0, 0.1) is 0 Å². The van der Waals surface area contributed by atoms with E-state index in [-0.39, 0.29) is 12.5 Å². The third-order valence-electron chi connectivity index (χ3n) is 3.36. The fourth-order valence-corrected chi connectivity index (χ4v) is 2.04. The molecule has 124 valence electrons. The lowest BCUT2D eigenvalue weighted by molar-refractivity contribution is -0.117. The lowest BCUT2D eigenvalue weighted by Gasteiger charge is -2.17.